The summed E-state index contributed by atoms with van der Waals surface area (Å²) in [4.78, 5) is 29.9. The molecule has 2 amide bonds. The Bertz CT molecular complexity index is 1400. The molecule has 0 spiro atoms. The van der Waals surface area contributed by atoms with Crippen LogP contribution in [-0.4, -0.2) is 28.3 Å². The van der Waals surface area contributed by atoms with E-state index in [-0.39, 0.29) is 17.6 Å². The fourth-order valence-corrected chi connectivity index (χ4v) is 6.84. The van der Waals surface area contributed by atoms with Gasteiger partial charge in [0.15, 0.2) is 0 Å². The fraction of sp³-hybridized carbons (Fsp3) is 0.345. The third kappa shape index (κ3) is 3.99. The Morgan fingerprint density at radius 2 is 1.67 bits per heavy atom. The van der Waals surface area contributed by atoms with Crippen molar-refractivity contribution < 1.29 is 19.1 Å². The number of fused-ring (bicyclic) bond motifs is 2. The average Bonchev–Trinajstić information content (AvgIpc) is 3.14. The molecule has 1 N–H and O–H groups in total. The molecule has 3 aromatic carbocycles. The molecule has 36 heavy (non-hydrogen) atoms. The van der Waals surface area contributed by atoms with Crippen molar-refractivity contribution in [1.29, 1.82) is 5.26 Å². The molecule has 1 heterocycles. The molecule has 2 aliphatic rings. The summed E-state index contributed by atoms with van der Waals surface area (Å²) in [6.07, 6.45) is 1.38. The smallest absolute Gasteiger partial charge is 0.240 e. The molecule has 1 aliphatic heterocycles. The molecule has 3 atom stereocenters. The summed E-state index contributed by atoms with van der Waals surface area (Å²) in [7, 11) is 0. The molecule has 0 unspecified atom stereocenters. The Labute approximate surface area is 213 Å². The van der Waals surface area contributed by atoms with Crippen LogP contribution < -0.4 is 4.90 Å². The maximum Gasteiger partial charge on any atom is 0.240 e. The second-order valence-corrected chi connectivity index (χ2v) is 11.6. The first kappa shape index (κ1) is 24.5. The Kier molecular flexibility index (Phi) is 6.14. The molecule has 1 saturated carbocycles. The van der Waals surface area contributed by atoms with Crippen molar-refractivity contribution in [2.75, 3.05) is 10.7 Å². The molecular weight excluding hydrogens is 475 g/mol. The minimum absolute atomic E-state index is 0.297. The van der Waals surface area contributed by atoms with E-state index in [1.165, 1.54) is 28.8 Å². The Balaban J connectivity index is 1.49. The monoisotopic (exact) mass is 502 g/mol. The lowest BCUT2D eigenvalue weighted by Crippen LogP contribution is -2.53. The zero-order chi connectivity index (χ0) is 25.7. The highest BCUT2D eigenvalue weighted by Crippen LogP contribution is 2.55. The van der Waals surface area contributed by atoms with Crippen molar-refractivity contribution in [3.05, 3.63) is 72.0 Å². The Morgan fingerprint density at radius 1 is 1.00 bits per heavy atom. The average molecular weight is 503 g/mol. The minimum atomic E-state index is -1.32. The number of nitrogens with zero attached hydrogens (tertiary/aromatic N) is 2. The summed E-state index contributed by atoms with van der Waals surface area (Å²) in [6.45, 7) is 3.98. The first-order chi connectivity index (χ1) is 17.2. The van der Waals surface area contributed by atoms with Crippen LogP contribution in [0.5, 0.6) is 0 Å². The van der Waals surface area contributed by atoms with Gasteiger partial charge in [0.2, 0.25) is 11.8 Å². The molecular formula is C29H27FN2O3S. The number of benzene rings is 3. The van der Waals surface area contributed by atoms with Crippen molar-refractivity contribution in [3.8, 4) is 6.07 Å². The van der Waals surface area contributed by atoms with E-state index < -0.39 is 22.9 Å². The number of nitriles is 1. The largest absolute Gasteiger partial charge is 0.389 e. The number of amides is 2. The van der Waals surface area contributed by atoms with Crippen LogP contribution in [0.15, 0.2) is 65.6 Å². The topological polar surface area (TPSA) is 81.4 Å². The number of hydrogen-bond acceptors (Lipinski definition) is 5. The number of imide groups is 1. The van der Waals surface area contributed by atoms with Crippen molar-refractivity contribution in [2.45, 2.75) is 43.6 Å². The summed E-state index contributed by atoms with van der Waals surface area (Å²) in [5.41, 5.74) is -0.851. The first-order valence-electron chi connectivity index (χ1n) is 12.1. The highest BCUT2D eigenvalue weighted by molar-refractivity contribution is 7.99. The van der Waals surface area contributed by atoms with E-state index in [0.29, 0.717) is 47.0 Å². The normalized spacial score (nSPS) is 25.1. The molecule has 0 bridgehead atoms. The van der Waals surface area contributed by atoms with E-state index in [0.717, 1.165) is 4.90 Å². The zero-order valence-electron chi connectivity index (χ0n) is 20.2. The van der Waals surface area contributed by atoms with Crippen LogP contribution in [0, 0.1) is 34.4 Å². The van der Waals surface area contributed by atoms with Crippen molar-refractivity contribution in [2.24, 2.45) is 17.3 Å². The first-order valence-corrected chi connectivity index (χ1v) is 13.1. The van der Waals surface area contributed by atoms with Gasteiger partial charge in [-0.1, -0.05) is 38.1 Å². The molecule has 2 fully saturated rings. The third-order valence-electron chi connectivity index (χ3n) is 7.81. The highest BCUT2D eigenvalue weighted by Gasteiger charge is 2.64. The van der Waals surface area contributed by atoms with Crippen LogP contribution in [0.2, 0.25) is 0 Å². The number of rotatable bonds is 5. The molecule has 5 rings (SSSR count). The molecule has 7 heteroatoms. The maximum absolute atomic E-state index is 14.0. The number of halogens is 1. The van der Waals surface area contributed by atoms with Gasteiger partial charge in [-0.25, -0.2) is 9.29 Å². The van der Waals surface area contributed by atoms with E-state index >= 15 is 0 Å². The van der Waals surface area contributed by atoms with Gasteiger partial charge in [0, 0.05) is 21.4 Å². The van der Waals surface area contributed by atoms with Gasteiger partial charge in [0.25, 0.3) is 0 Å². The van der Waals surface area contributed by atoms with Gasteiger partial charge in [0.1, 0.15) is 5.82 Å². The molecule has 5 nitrogen and oxygen atoms in total. The van der Waals surface area contributed by atoms with Crippen LogP contribution in [-0.2, 0) is 9.59 Å². The summed E-state index contributed by atoms with van der Waals surface area (Å²) >= 11 is 1.49. The Morgan fingerprint density at radius 3 is 2.36 bits per heavy atom. The van der Waals surface area contributed by atoms with Gasteiger partial charge in [-0.3, -0.25) is 9.59 Å². The van der Waals surface area contributed by atoms with Crippen LogP contribution in [0.25, 0.3) is 10.8 Å². The van der Waals surface area contributed by atoms with Gasteiger partial charge < -0.3 is 5.11 Å². The minimum Gasteiger partial charge on any atom is -0.389 e. The van der Waals surface area contributed by atoms with E-state index in [2.05, 4.69) is 6.07 Å². The quantitative estimate of drug-likeness (QED) is 0.358. The number of hydrogen-bond donors (Lipinski definition) is 1. The van der Waals surface area contributed by atoms with E-state index in [1.54, 1.807) is 24.3 Å². The standard InChI is InChI=1S/C29H27FN2O3S/c1-28(2)13-14-29(35,15-16-36-20-10-8-19(30)9-11-20)25-24(28)26(33)32(27(25)34)23-12-7-18(17-31)21-5-3-4-6-22(21)23/h3-12,24-25,35H,13-16H2,1-2H3/t24-,25+,29-/m0/s1. The zero-order valence-corrected chi connectivity index (χ0v) is 21.0. The van der Waals surface area contributed by atoms with E-state index in [4.69, 9.17) is 0 Å². The third-order valence-corrected chi connectivity index (χ3v) is 8.82. The molecule has 0 radical (unpaired) electrons. The van der Waals surface area contributed by atoms with Crippen molar-refractivity contribution in [3.63, 3.8) is 0 Å². The van der Waals surface area contributed by atoms with Crippen molar-refractivity contribution >= 4 is 40.0 Å². The van der Waals surface area contributed by atoms with Gasteiger partial charge in [-0.2, -0.15) is 5.26 Å². The van der Waals surface area contributed by atoms with Crippen LogP contribution >= 0.6 is 11.8 Å². The SMILES string of the molecule is CC1(C)CC[C@](O)(CCSc2ccc(F)cc2)[C@H]2C(=O)N(c3ccc(C#N)c4ccccc34)C(=O)[C@H]21. The highest BCUT2D eigenvalue weighted by atomic mass is 32.2. The number of carbonyl (C=O) groups is 2. The second-order valence-electron chi connectivity index (χ2n) is 10.4. The van der Waals surface area contributed by atoms with Crippen LogP contribution in [0.3, 0.4) is 0 Å². The van der Waals surface area contributed by atoms with Gasteiger partial charge in [-0.05, 0) is 61.1 Å². The van der Waals surface area contributed by atoms with E-state index in [1.807, 2.05) is 38.1 Å². The molecule has 1 saturated heterocycles. The van der Waals surface area contributed by atoms with Gasteiger partial charge >= 0.3 is 0 Å². The predicted octanol–water partition coefficient (Wildman–Crippen LogP) is 5.69. The lowest BCUT2D eigenvalue weighted by atomic mass is 9.58. The molecule has 3 aromatic rings. The van der Waals surface area contributed by atoms with Crippen LogP contribution in [0.1, 0.15) is 38.7 Å². The number of thioether (sulfide) groups is 1. The number of anilines is 1. The van der Waals surface area contributed by atoms with Gasteiger partial charge in [-0.15, -0.1) is 11.8 Å². The summed E-state index contributed by atoms with van der Waals surface area (Å²) in [5, 5.41) is 22.7. The molecule has 184 valence electrons. The number of carbonyl (C=O) groups excluding carboxylic acids is 2. The van der Waals surface area contributed by atoms with Gasteiger partial charge in [0.05, 0.1) is 34.8 Å². The summed E-state index contributed by atoms with van der Waals surface area (Å²) in [6, 6.07) is 18.9. The van der Waals surface area contributed by atoms with E-state index in [9.17, 15) is 24.3 Å². The van der Waals surface area contributed by atoms with Crippen molar-refractivity contribution in [1.82, 2.24) is 0 Å². The lowest BCUT2D eigenvalue weighted by Gasteiger charge is -2.47. The molecule has 1 aliphatic carbocycles. The predicted molar refractivity (Wildman–Crippen MR) is 138 cm³/mol. The fourth-order valence-electron chi connectivity index (χ4n) is 5.82. The lowest BCUT2D eigenvalue weighted by molar-refractivity contribution is -0.149. The number of aliphatic hydroxyl groups is 1. The summed E-state index contributed by atoms with van der Waals surface area (Å²) in [5.74, 6) is -1.95. The second kappa shape index (κ2) is 9.02. The maximum atomic E-state index is 14.0. The molecule has 0 aromatic heterocycles. The Hall–Kier alpha value is -3.21. The summed E-state index contributed by atoms with van der Waals surface area (Å²) < 4.78 is 13.2. The van der Waals surface area contributed by atoms with Crippen LogP contribution in [0.4, 0.5) is 10.1 Å².